The first-order valence-electron chi connectivity index (χ1n) is 7.35. The fourth-order valence-corrected chi connectivity index (χ4v) is 2.49. The Morgan fingerprint density at radius 1 is 1.22 bits per heavy atom. The van der Waals surface area contributed by atoms with E-state index in [1.165, 1.54) is 0 Å². The SMILES string of the molecule is CCCC(Oc1ccccc1)(C(=O)NO)c1ccc(C#N)cc1. The molecule has 2 rings (SSSR count). The van der Waals surface area contributed by atoms with Crippen LogP contribution in [0.25, 0.3) is 0 Å². The number of hydroxylamine groups is 1. The summed E-state index contributed by atoms with van der Waals surface area (Å²) in [6.45, 7) is 1.93. The van der Waals surface area contributed by atoms with Crippen molar-refractivity contribution in [2.75, 3.05) is 0 Å². The van der Waals surface area contributed by atoms with E-state index >= 15 is 0 Å². The summed E-state index contributed by atoms with van der Waals surface area (Å²) in [7, 11) is 0. The zero-order valence-corrected chi connectivity index (χ0v) is 12.8. The van der Waals surface area contributed by atoms with E-state index in [4.69, 9.17) is 10.00 Å². The number of benzene rings is 2. The normalized spacial score (nSPS) is 12.7. The van der Waals surface area contributed by atoms with Gasteiger partial charge >= 0.3 is 0 Å². The molecule has 2 aromatic rings. The van der Waals surface area contributed by atoms with Crippen LogP contribution >= 0.6 is 0 Å². The molecule has 5 nitrogen and oxygen atoms in total. The highest BCUT2D eigenvalue weighted by Gasteiger charge is 2.42. The third kappa shape index (κ3) is 3.50. The molecule has 118 valence electrons. The van der Waals surface area contributed by atoms with Crippen LogP contribution in [0.3, 0.4) is 0 Å². The lowest BCUT2D eigenvalue weighted by atomic mass is 9.87. The zero-order valence-electron chi connectivity index (χ0n) is 12.8. The van der Waals surface area contributed by atoms with Gasteiger partial charge in [0.15, 0.2) is 0 Å². The number of nitrogens with zero attached hydrogens (tertiary/aromatic N) is 1. The highest BCUT2D eigenvalue weighted by Crippen LogP contribution is 2.33. The lowest BCUT2D eigenvalue weighted by molar-refractivity contribution is -0.147. The predicted molar refractivity (Wildman–Crippen MR) is 84.7 cm³/mol. The molecule has 0 saturated heterocycles. The fraction of sp³-hybridized carbons (Fsp3) is 0.222. The summed E-state index contributed by atoms with van der Waals surface area (Å²) in [4.78, 5) is 12.4. The molecule has 0 aliphatic carbocycles. The molecular formula is C18H18N2O3. The number of rotatable bonds is 6. The molecular weight excluding hydrogens is 292 g/mol. The first kappa shape index (κ1) is 16.5. The van der Waals surface area contributed by atoms with E-state index in [1.54, 1.807) is 41.9 Å². The van der Waals surface area contributed by atoms with Gasteiger partial charge in [-0.15, -0.1) is 0 Å². The second-order valence-electron chi connectivity index (χ2n) is 5.12. The summed E-state index contributed by atoms with van der Waals surface area (Å²) < 4.78 is 6.00. The van der Waals surface area contributed by atoms with Crippen LogP contribution in [0.1, 0.15) is 30.9 Å². The van der Waals surface area contributed by atoms with Gasteiger partial charge in [0.05, 0.1) is 11.6 Å². The van der Waals surface area contributed by atoms with E-state index in [0.717, 1.165) is 0 Å². The van der Waals surface area contributed by atoms with Gasteiger partial charge in [-0.05, 0) is 24.3 Å². The number of carbonyl (C=O) groups excluding carboxylic acids is 1. The maximum atomic E-state index is 12.4. The van der Waals surface area contributed by atoms with Crippen molar-refractivity contribution in [3.05, 3.63) is 65.7 Å². The predicted octanol–water partition coefficient (Wildman–Crippen LogP) is 3.14. The van der Waals surface area contributed by atoms with Crippen molar-refractivity contribution in [1.29, 1.82) is 5.26 Å². The molecule has 23 heavy (non-hydrogen) atoms. The minimum Gasteiger partial charge on any atom is -0.473 e. The molecule has 0 saturated carbocycles. The summed E-state index contributed by atoms with van der Waals surface area (Å²) in [5.74, 6) is -0.123. The molecule has 1 unspecified atom stereocenters. The van der Waals surface area contributed by atoms with Crippen LogP contribution in [-0.2, 0) is 10.4 Å². The zero-order chi connectivity index (χ0) is 16.7. The third-order valence-electron chi connectivity index (χ3n) is 3.59. The minimum absolute atomic E-state index is 0.375. The summed E-state index contributed by atoms with van der Waals surface area (Å²) in [5.41, 5.74) is 1.41. The smallest absolute Gasteiger partial charge is 0.292 e. The van der Waals surface area contributed by atoms with E-state index in [0.29, 0.717) is 29.7 Å². The quantitative estimate of drug-likeness (QED) is 0.634. The van der Waals surface area contributed by atoms with E-state index < -0.39 is 11.5 Å². The summed E-state index contributed by atoms with van der Waals surface area (Å²) in [5, 5.41) is 18.1. The first-order valence-corrected chi connectivity index (χ1v) is 7.35. The topological polar surface area (TPSA) is 82.3 Å². The van der Waals surface area contributed by atoms with Gasteiger partial charge < -0.3 is 4.74 Å². The van der Waals surface area contributed by atoms with Gasteiger partial charge in [-0.1, -0.05) is 43.7 Å². The number of amides is 1. The van der Waals surface area contributed by atoms with Crippen LogP contribution < -0.4 is 10.2 Å². The van der Waals surface area contributed by atoms with Gasteiger partial charge in [-0.25, -0.2) is 5.48 Å². The average Bonchev–Trinajstić information content (AvgIpc) is 2.61. The molecule has 2 N–H and O–H groups in total. The van der Waals surface area contributed by atoms with Crippen molar-refractivity contribution in [3.63, 3.8) is 0 Å². The van der Waals surface area contributed by atoms with Crippen molar-refractivity contribution in [2.45, 2.75) is 25.4 Å². The third-order valence-corrected chi connectivity index (χ3v) is 3.59. The number of hydrogen-bond acceptors (Lipinski definition) is 4. The van der Waals surface area contributed by atoms with E-state index in [2.05, 4.69) is 0 Å². The van der Waals surface area contributed by atoms with Crippen LogP contribution in [0.15, 0.2) is 54.6 Å². The molecule has 0 aliphatic rings. The van der Waals surface area contributed by atoms with Gasteiger partial charge in [0.25, 0.3) is 5.91 Å². The van der Waals surface area contributed by atoms with Crippen molar-refractivity contribution in [1.82, 2.24) is 5.48 Å². The highest BCUT2D eigenvalue weighted by molar-refractivity contribution is 5.86. The molecule has 2 aromatic carbocycles. The second kappa shape index (κ2) is 7.43. The summed E-state index contributed by atoms with van der Waals surface area (Å²) in [6.07, 6.45) is 1.04. The Morgan fingerprint density at radius 3 is 2.39 bits per heavy atom. The number of nitrogens with one attached hydrogen (secondary N) is 1. The van der Waals surface area contributed by atoms with Gasteiger partial charge in [0.1, 0.15) is 5.75 Å². The Kier molecular flexibility index (Phi) is 5.34. The Bertz CT molecular complexity index is 692. The Labute approximate surface area is 135 Å². The summed E-state index contributed by atoms with van der Waals surface area (Å²) in [6, 6.07) is 17.6. The molecule has 5 heteroatoms. The van der Waals surface area contributed by atoms with Crippen LogP contribution in [-0.4, -0.2) is 11.1 Å². The molecule has 0 heterocycles. The molecule has 0 fully saturated rings. The molecule has 0 aromatic heterocycles. The minimum atomic E-state index is -1.36. The number of para-hydroxylation sites is 1. The molecule has 1 atom stereocenters. The second-order valence-corrected chi connectivity index (χ2v) is 5.12. The van der Waals surface area contributed by atoms with E-state index in [-0.39, 0.29) is 0 Å². The Hall–Kier alpha value is -2.84. The number of hydrogen-bond donors (Lipinski definition) is 2. The Morgan fingerprint density at radius 2 is 1.87 bits per heavy atom. The van der Waals surface area contributed by atoms with E-state index in [9.17, 15) is 10.0 Å². The van der Waals surface area contributed by atoms with Crippen molar-refractivity contribution in [2.24, 2.45) is 0 Å². The van der Waals surface area contributed by atoms with Crippen LogP contribution in [0, 0.1) is 11.3 Å². The van der Waals surface area contributed by atoms with E-state index in [1.807, 2.05) is 31.2 Å². The molecule has 0 spiro atoms. The van der Waals surface area contributed by atoms with Crippen LogP contribution in [0.4, 0.5) is 0 Å². The lowest BCUT2D eigenvalue weighted by Gasteiger charge is -2.32. The van der Waals surface area contributed by atoms with Gasteiger partial charge in [-0.2, -0.15) is 5.26 Å². The van der Waals surface area contributed by atoms with Crippen molar-refractivity contribution in [3.8, 4) is 11.8 Å². The van der Waals surface area contributed by atoms with Gasteiger partial charge in [-0.3, -0.25) is 10.0 Å². The largest absolute Gasteiger partial charge is 0.473 e. The molecule has 0 aliphatic heterocycles. The van der Waals surface area contributed by atoms with Gasteiger partial charge in [0, 0.05) is 12.0 Å². The fourth-order valence-electron chi connectivity index (χ4n) is 2.49. The van der Waals surface area contributed by atoms with Gasteiger partial charge in [0.2, 0.25) is 5.60 Å². The molecule has 0 bridgehead atoms. The van der Waals surface area contributed by atoms with Crippen molar-refractivity contribution < 1.29 is 14.7 Å². The van der Waals surface area contributed by atoms with Crippen LogP contribution in [0.2, 0.25) is 0 Å². The van der Waals surface area contributed by atoms with Crippen LogP contribution in [0.5, 0.6) is 5.75 Å². The first-order chi connectivity index (χ1) is 11.2. The maximum absolute atomic E-state index is 12.4. The molecule has 0 radical (unpaired) electrons. The highest BCUT2D eigenvalue weighted by atomic mass is 16.5. The standard InChI is InChI=1S/C18H18N2O3/c1-2-12-18(17(21)20-22,23-16-6-4-3-5-7-16)15-10-8-14(13-19)9-11-15/h3-11,22H,2,12H2,1H3,(H,20,21). The summed E-state index contributed by atoms with van der Waals surface area (Å²) >= 11 is 0. The number of carbonyl (C=O) groups is 1. The number of nitriles is 1. The molecule has 1 amide bonds. The monoisotopic (exact) mass is 310 g/mol. The number of ether oxygens (including phenoxy) is 1. The lowest BCUT2D eigenvalue weighted by Crippen LogP contribution is -2.47. The maximum Gasteiger partial charge on any atom is 0.292 e. The Balaban J connectivity index is 2.51. The average molecular weight is 310 g/mol. The van der Waals surface area contributed by atoms with Crippen molar-refractivity contribution >= 4 is 5.91 Å².